The van der Waals surface area contributed by atoms with Gasteiger partial charge >= 0.3 is 29.6 Å². The molecule has 0 unspecified atom stereocenters. The first-order chi connectivity index (χ1) is 3.06. The zero-order chi connectivity index (χ0) is 5.91. The maximum atomic E-state index is 9.61. The predicted molar refractivity (Wildman–Crippen MR) is 23.6 cm³/mol. The molecule has 0 aromatic heterocycles. The van der Waals surface area contributed by atoms with Crippen molar-refractivity contribution in [1.82, 2.24) is 5.32 Å². The van der Waals surface area contributed by atoms with E-state index in [1.54, 1.807) is 0 Å². The zero-order valence-corrected chi connectivity index (χ0v) is 7.66. The molecule has 6 heteroatoms. The van der Waals surface area contributed by atoms with E-state index in [1.165, 1.54) is 7.05 Å². The van der Waals surface area contributed by atoms with Crippen molar-refractivity contribution in [2.45, 2.75) is 0 Å². The van der Waals surface area contributed by atoms with Crippen molar-refractivity contribution in [3.05, 3.63) is 0 Å². The van der Waals surface area contributed by atoms with Gasteiger partial charge in [-0.15, -0.1) is 0 Å². The summed E-state index contributed by atoms with van der Waals surface area (Å²) in [4.78, 5) is 0. The summed E-state index contributed by atoms with van der Waals surface area (Å²) >= 11 is 0. The first-order valence-corrected chi connectivity index (χ1v) is 3.22. The van der Waals surface area contributed by atoms with Crippen LogP contribution in [-0.2, 0) is 10.1 Å². The van der Waals surface area contributed by atoms with E-state index in [9.17, 15) is 13.0 Å². The van der Waals surface area contributed by atoms with Gasteiger partial charge in [-0.25, -0.2) is 8.42 Å². The van der Waals surface area contributed by atoms with E-state index in [4.69, 9.17) is 0 Å². The molecule has 0 fully saturated rings. The van der Waals surface area contributed by atoms with Crippen LogP contribution in [0.2, 0.25) is 0 Å². The van der Waals surface area contributed by atoms with Crippen LogP contribution in [0, 0.1) is 0 Å². The van der Waals surface area contributed by atoms with Gasteiger partial charge in [-0.2, -0.15) is 0 Å². The molecular formula is C2H6NNaO3S. The van der Waals surface area contributed by atoms with E-state index in [0.717, 1.165) is 0 Å². The predicted octanol–water partition coefficient (Wildman–Crippen LogP) is -4.29. The summed E-state index contributed by atoms with van der Waals surface area (Å²) in [7, 11) is -2.64. The molecule has 0 aromatic carbocycles. The molecule has 0 aliphatic rings. The molecular weight excluding hydrogens is 141 g/mol. The van der Waals surface area contributed by atoms with Gasteiger partial charge in [0.15, 0.2) is 0 Å². The van der Waals surface area contributed by atoms with E-state index in [2.05, 4.69) is 5.32 Å². The molecule has 0 rings (SSSR count). The van der Waals surface area contributed by atoms with Crippen LogP contribution in [0.25, 0.3) is 0 Å². The molecule has 0 aromatic rings. The second-order valence-corrected chi connectivity index (χ2v) is 2.46. The van der Waals surface area contributed by atoms with Crippen molar-refractivity contribution < 1.29 is 42.5 Å². The summed E-state index contributed by atoms with van der Waals surface area (Å²) in [5, 5.41) is 2.21. The Bertz CT molecular complexity index is 130. The van der Waals surface area contributed by atoms with Gasteiger partial charge in [-0.05, 0) is 7.05 Å². The van der Waals surface area contributed by atoms with Crippen molar-refractivity contribution in [3.8, 4) is 0 Å². The molecule has 0 aliphatic heterocycles. The average molecular weight is 147 g/mol. The maximum absolute atomic E-state index is 9.61. The molecule has 0 saturated carbocycles. The first kappa shape index (κ1) is 11.6. The van der Waals surface area contributed by atoms with Crippen LogP contribution in [-0.4, -0.2) is 25.9 Å². The minimum atomic E-state index is -4.04. The Kier molecular flexibility index (Phi) is 6.87. The molecule has 0 radical (unpaired) electrons. The minimum Gasteiger partial charge on any atom is -0.747 e. The van der Waals surface area contributed by atoms with Crippen LogP contribution in [0.15, 0.2) is 0 Å². The molecule has 1 N–H and O–H groups in total. The van der Waals surface area contributed by atoms with Gasteiger partial charge in [0, 0.05) is 0 Å². The fourth-order valence-electron chi connectivity index (χ4n) is 0.177. The van der Waals surface area contributed by atoms with Gasteiger partial charge in [-0.1, -0.05) is 0 Å². The number of hydrogen-bond acceptors (Lipinski definition) is 4. The van der Waals surface area contributed by atoms with Crippen LogP contribution in [0.5, 0.6) is 0 Å². The summed E-state index contributed by atoms with van der Waals surface area (Å²) in [5.41, 5.74) is 0. The Morgan fingerprint density at radius 1 is 1.62 bits per heavy atom. The fourth-order valence-corrected chi connectivity index (χ4v) is 0.530. The minimum absolute atomic E-state index is 0. The largest absolute Gasteiger partial charge is 1.00 e. The Morgan fingerprint density at radius 3 is 2.00 bits per heavy atom. The third-order valence-electron chi connectivity index (χ3n) is 0.321. The van der Waals surface area contributed by atoms with Gasteiger partial charge in [0.25, 0.3) is 0 Å². The van der Waals surface area contributed by atoms with Crippen LogP contribution < -0.4 is 34.9 Å². The molecule has 44 valence electrons. The molecule has 0 heterocycles. The van der Waals surface area contributed by atoms with Crippen molar-refractivity contribution in [2.24, 2.45) is 0 Å². The molecule has 0 amide bonds. The summed E-state index contributed by atoms with van der Waals surface area (Å²) in [5.74, 6) is -0.493. The SMILES string of the molecule is CNCS(=O)(=O)[O-].[Na+]. The van der Waals surface area contributed by atoms with E-state index in [0.29, 0.717) is 0 Å². The smallest absolute Gasteiger partial charge is 0.747 e. The second-order valence-electron chi connectivity index (χ2n) is 1.06. The maximum Gasteiger partial charge on any atom is 1.00 e. The number of rotatable bonds is 2. The van der Waals surface area contributed by atoms with Gasteiger partial charge < -0.3 is 9.87 Å². The summed E-state index contributed by atoms with van der Waals surface area (Å²) in [6.07, 6.45) is 0. The molecule has 0 aliphatic carbocycles. The van der Waals surface area contributed by atoms with Crippen LogP contribution >= 0.6 is 0 Å². The van der Waals surface area contributed by atoms with E-state index >= 15 is 0 Å². The second kappa shape index (κ2) is 4.72. The van der Waals surface area contributed by atoms with Crippen molar-refractivity contribution >= 4 is 10.1 Å². The molecule has 0 atom stereocenters. The third kappa shape index (κ3) is 9.98. The standard InChI is InChI=1S/C2H7NO3S.Na/c1-3-2-7(4,5)6;/h3H,2H2,1H3,(H,4,5,6);/q;+1/p-1. The molecule has 4 nitrogen and oxygen atoms in total. The topological polar surface area (TPSA) is 69.2 Å². The van der Waals surface area contributed by atoms with Crippen LogP contribution in [0.3, 0.4) is 0 Å². The summed E-state index contributed by atoms with van der Waals surface area (Å²) in [6.45, 7) is 0. The van der Waals surface area contributed by atoms with E-state index < -0.39 is 16.0 Å². The van der Waals surface area contributed by atoms with Gasteiger partial charge in [0.1, 0.15) is 10.1 Å². The molecule has 8 heavy (non-hydrogen) atoms. The summed E-state index contributed by atoms with van der Waals surface area (Å²) in [6, 6.07) is 0. The van der Waals surface area contributed by atoms with Gasteiger partial charge in [-0.3, -0.25) is 0 Å². The zero-order valence-electron chi connectivity index (χ0n) is 4.84. The van der Waals surface area contributed by atoms with Crippen molar-refractivity contribution in [1.29, 1.82) is 0 Å². The first-order valence-electron chi connectivity index (χ1n) is 1.64. The van der Waals surface area contributed by atoms with E-state index in [1.807, 2.05) is 0 Å². The Labute approximate surface area is 70.7 Å². The van der Waals surface area contributed by atoms with Crippen molar-refractivity contribution in [2.75, 3.05) is 12.9 Å². The van der Waals surface area contributed by atoms with E-state index in [-0.39, 0.29) is 29.6 Å². The normalized spacial score (nSPS) is 10.2. The Balaban J connectivity index is 0. The fraction of sp³-hybridized carbons (Fsp3) is 1.00. The number of hydrogen-bond donors (Lipinski definition) is 1. The van der Waals surface area contributed by atoms with Crippen LogP contribution in [0.4, 0.5) is 0 Å². The molecule has 0 spiro atoms. The monoisotopic (exact) mass is 147 g/mol. The van der Waals surface area contributed by atoms with Gasteiger partial charge in [0.05, 0.1) is 5.88 Å². The molecule has 0 saturated heterocycles. The molecule has 0 bridgehead atoms. The third-order valence-corrected chi connectivity index (χ3v) is 0.963. The quantitative estimate of drug-likeness (QED) is 0.317. The van der Waals surface area contributed by atoms with Crippen LogP contribution in [0.1, 0.15) is 0 Å². The number of nitrogens with one attached hydrogen (secondary N) is 1. The van der Waals surface area contributed by atoms with Crippen molar-refractivity contribution in [3.63, 3.8) is 0 Å². The average Bonchev–Trinajstić information content (AvgIpc) is 1.30. The van der Waals surface area contributed by atoms with Gasteiger partial charge in [0.2, 0.25) is 0 Å². The Morgan fingerprint density at radius 2 is 2.00 bits per heavy atom. The Hall–Kier alpha value is 0.870. The summed E-state index contributed by atoms with van der Waals surface area (Å²) < 4.78 is 28.8.